The number of hydroxylamine groups is 1. The van der Waals surface area contributed by atoms with Gasteiger partial charge in [-0.25, -0.2) is 5.48 Å². The van der Waals surface area contributed by atoms with Crippen LogP contribution in [0.15, 0.2) is 48.5 Å². The summed E-state index contributed by atoms with van der Waals surface area (Å²) in [4.78, 5) is 14.4. The number of nitrogens with one attached hydrogen (secondary N) is 2. The van der Waals surface area contributed by atoms with Crippen molar-refractivity contribution < 1.29 is 10.0 Å². The van der Waals surface area contributed by atoms with Crippen molar-refractivity contribution in [1.82, 2.24) is 10.4 Å². The molecule has 126 valence electrons. The fourth-order valence-corrected chi connectivity index (χ4v) is 2.94. The van der Waals surface area contributed by atoms with Crippen molar-refractivity contribution in [2.75, 3.05) is 18.4 Å². The molecule has 0 aromatic heterocycles. The minimum atomic E-state index is 0.127. The average Bonchev–Trinajstić information content (AvgIpc) is 2.64. The number of benzene rings is 2. The van der Waals surface area contributed by atoms with E-state index in [2.05, 4.69) is 10.8 Å². The molecule has 0 spiro atoms. The Kier molecular flexibility index (Phi) is 5.46. The Morgan fingerprint density at radius 3 is 2.08 bits per heavy atom. The Morgan fingerprint density at radius 2 is 1.50 bits per heavy atom. The fraction of sp³-hybridized carbons (Fsp3) is 0.316. The summed E-state index contributed by atoms with van der Waals surface area (Å²) in [5.74, 6) is 0.127. The molecule has 3 rings (SSSR count). The minimum Gasteiger partial charge on any atom is -0.356 e. The molecular weight excluding hydrogens is 302 g/mol. The van der Waals surface area contributed by atoms with Crippen LogP contribution in [0.3, 0.4) is 0 Å². The molecule has 24 heavy (non-hydrogen) atoms. The quantitative estimate of drug-likeness (QED) is 0.736. The summed E-state index contributed by atoms with van der Waals surface area (Å²) in [6.07, 6.45) is 3.43. The zero-order chi connectivity index (χ0) is 16.8. The van der Waals surface area contributed by atoms with Crippen LogP contribution in [0.5, 0.6) is 0 Å². The summed E-state index contributed by atoms with van der Waals surface area (Å²) in [6.45, 7) is 2.16. The van der Waals surface area contributed by atoms with Crippen molar-refractivity contribution in [3.05, 3.63) is 59.7 Å². The molecule has 0 bridgehead atoms. The van der Waals surface area contributed by atoms with Gasteiger partial charge in [0.05, 0.1) is 0 Å². The molecule has 1 fully saturated rings. The van der Waals surface area contributed by atoms with Crippen molar-refractivity contribution in [1.29, 1.82) is 0 Å². The van der Waals surface area contributed by atoms with E-state index in [1.807, 2.05) is 53.4 Å². The lowest BCUT2D eigenvalue weighted by Gasteiger charge is -2.26. The molecule has 1 saturated heterocycles. The van der Waals surface area contributed by atoms with Gasteiger partial charge in [0.15, 0.2) is 0 Å². The van der Waals surface area contributed by atoms with Crippen LogP contribution in [0.4, 0.5) is 11.4 Å². The largest absolute Gasteiger partial charge is 0.356 e. The first-order valence-corrected chi connectivity index (χ1v) is 8.38. The van der Waals surface area contributed by atoms with Gasteiger partial charge in [-0.3, -0.25) is 4.79 Å². The molecule has 0 saturated carbocycles. The number of carbonyl (C=O) groups excluding carboxylic acids is 1. The highest BCUT2D eigenvalue weighted by Gasteiger charge is 2.17. The van der Waals surface area contributed by atoms with Gasteiger partial charge >= 0.3 is 0 Å². The Balaban J connectivity index is 1.62. The number of amides is 1. The van der Waals surface area contributed by atoms with Crippen molar-refractivity contribution in [3.63, 3.8) is 0 Å². The first-order chi connectivity index (χ1) is 11.8. The topological polar surface area (TPSA) is 64.6 Å². The number of carbonyl (C=O) groups is 1. The van der Waals surface area contributed by atoms with E-state index in [4.69, 9.17) is 5.21 Å². The molecule has 0 radical (unpaired) electrons. The van der Waals surface area contributed by atoms with E-state index in [-0.39, 0.29) is 5.91 Å². The van der Waals surface area contributed by atoms with Crippen molar-refractivity contribution in [2.45, 2.75) is 25.8 Å². The van der Waals surface area contributed by atoms with Gasteiger partial charge in [0, 0.05) is 36.6 Å². The van der Waals surface area contributed by atoms with Crippen LogP contribution in [-0.2, 0) is 6.54 Å². The molecule has 0 atom stereocenters. The van der Waals surface area contributed by atoms with Gasteiger partial charge in [-0.15, -0.1) is 0 Å². The highest BCUT2D eigenvalue weighted by molar-refractivity contribution is 5.94. The van der Waals surface area contributed by atoms with Gasteiger partial charge in [-0.05, 0) is 61.2 Å². The second-order valence-electron chi connectivity index (χ2n) is 6.09. The maximum absolute atomic E-state index is 12.4. The van der Waals surface area contributed by atoms with Gasteiger partial charge in [-0.2, -0.15) is 0 Å². The zero-order valence-corrected chi connectivity index (χ0v) is 13.7. The monoisotopic (exact) mass is 325 g/mol. The molecule has 1 amide bonds. The molecule has 3 N–H and O–H groups in total. The normalized spacial score (nSPS) is 14.5. The molecule has 1 aliphatic rings. The summed E-state index contributed by atoms with van der Waals surface area (Å²) in [7, 11) is 0. The molecule has 0 aliphatic carbocycles. The van der Waals surface area contributed by atoms with Gasteiger partial charge < -0.3 is 15.4 Å². The van der Waals surface area contributed by atoms with Crippen molar-refractivity contribution >= 4 is 17.3 Å². The van der Waals surface area contributed by atoms with Crippen LogP contribution < -0.4 is 10.8 Å². The molecule has 1 heterocycles. The average molecular weight is 325 g/mol. The SMILES string of the molecule is O=C(c1ccc(Nc2ccc(CNO)cc2)cc1)N1CCCCC1. The minimum absolute atomic E-state index is 0.127. The van der Waals surface area contributed by atoms with E-state index in [9.17, 15) is 4.79 Å². The van der Waals surface area contributed by atoms with Crippen LogP contribution in [0.25, 0.3) is 0 Å². The molecule has 0 unspecified atom stereocenters. The van der Waals surface area contributed by atoms with Crippen LogP contribution in [0.1, 0.15) is 35.2 Å². The van der Waals surface area contributed by atoms with Gasteiger partial charge in [-0.1, -0.05) is 12.1 Å². The lowest BCUT2D eigenvalue weighted by Crippen LogP contribution is -2.35. The Morgan fingerprint density at radius 1 is 0.917 bits per heavy atom. The van der Waals surface area contributed by atoms with E-state index in [1.165, 1.54) is 6.42 Å². The second-order valence-corrected chi connectivity index (χ2v) is 6.09. The summed E-state index contributed by atoms with van der Waals surface area (Å²) < 4.78 is 0. The van der Waals surface area contributed by atoms with Crippen LogP contribution in [0.2, 0.25) is 0 Å². The highest BCUT2D eigenvalue weighted by Crippen LogP contribution is 2.19. The predicted molar refractivity (Wildman–Crippen MR) is 94.5 cm³/mol. The standard InChI is InChI=1S/C19H23N3O2/c23-19(22-12-2-1-3-13-22)16-6-10-18(11-7-16)21-17-8-4-15(5-9-17)14-20-24/h4-11,20-21,24H,1-3,12-14H2. The number of piperidine rings is 1. The van der Waals surface area contributed by atoms with Crippen LogP contribution >= 0.6 is 0 Å². The van der Waals surface area contributed by atoms with Crippen LogP contribution in [-0.4, -0.2) is 29.1 Å². The summed E-state index contributed by atoms with van der Waals surface area (Å²) in [5, 5.41) is 12.0. The van der Waals surface area contributed by atoms with E-state index in [0.717, 1.165) is 48.4 Å². The maximum atomic E-state index is 12.4. The Hall–Kier alpha value is -2.37. The highest BCUT2D eigenvalue weighted by atomic mass is 16.5. The van der Waals surface area contributed by atoms with Crippen molar-refractivity contribution in [3.8, 4) is 0 Å². The molecule has 2 aromatic carbocycles. The Labute approximate surface area is 142 Å². The smallest absolute Gasteiger partial charge is 0.253 e. The lowest BCUT2D eigenvalue weighted by atomic mass is 10.1. The number of anilines is 2. The number of nitrogens with zero attached hydrogens (tertiary/aromatic N) is 1. The third-order valence-electron chi connectivity index (χ3n) is 4.30. The van der Waals surface area contributed by atoms with E-state index < -0.39 is 0 Å². The van der Waals surface area contributed by atoms with E-state index >= 15 is 0 Å². The van der Waals surface area contributed by atoms with E-state index in [0.29, 0.717) is 6.54 Å². The summed E-state index contributed by atoms with van der Waals surface area (Å²) in [5.41, 5.74) is 5.80. The second kappa shape index (κ2) is 7.95. The predicted octanol–water partition coefficient (Wildman–Crippen LogP) is 3.54. The fourth-order valence-electron chi connectivity index (χ4n) is 2.94. The zero-order valence-electron chi connectivity index (χ0n) is 13.7. The number of likely N-dealkylation sites (tertiary alicyclic amines) is 1. The third kappa shape index (κ3) is 4.13. The van der Waals surface area contributed by atoms with Gasteiger partial charge in [0.2, 0.25) is 0 Å². The molecular formula is C19H23N3O2. The van der Waals surface area contributed by atoms with Crippen molar-refractivity contribution in [2.24, 2.45) is 0 Å². The molecule has 1 aliphatic heterocycles. The maximum Gasteiger partial charge on any atom is 0.253 e. The van der Waals surface area contributed by atoms with Gasteiger partial charge in [0.1, 0.15) is 0 Å². The Bertz CT molecular complexity index is 662. The first-order valence-electron chi connectivity index (χ1n) is 8.38. The number of hydrogen-bond donors (Lipinski definition) is 3. The third-order valence-corrected chi connectivity index (χ3v) is 4.30. The number of rotatable bonds is 5. The lowest BCUT2D eigenvalue weighted by molar-refractivity contribution is 0.0724. The molecule has 5 heteroatoms. The van der Waals surface area contributed by atoms with Crippen LogP contribution in [0, 0.1) is 0 Å². The van der Waals surface area contributed by atoms with Gasteiger partial charge in [0.25, 0.3) is 5.91 Å². The first kappa shape index (κ1) is 16.5. The molecule has 5 nitrogen and oxygen atoms in total. The summed E-state index contributed by atoms with van der Waals surface area (Å²) >= 11 is 0. The summed E-state index contributed by atoms with van der Waals surface area (Å²) in [6, 6.07) is 15.4. The number of hydrogen-bond acceptors (Lipinski definition) is 4. The van der Waals surface area contributed by atoms with E-state index in [1.54, 1.807) is 0 Å². The molecule has 2 aromatic rings.